The molecule has 1 amide bonds. The Kier molecular flexibility index (Phi) is 3.81. The van der Waals surface area contributed by atoms with Gasteiger partial charge in [0.05, 0.1) is 11.4 Å². The second-order valence-electron chi connectivity index (χ2n) is 3.22. The molecular weight excluding hydrogens is 236 g/mol. The van der Waals surface area contributed by atoms with E-state index in [1.165, 1.54) is 11.3 Å². The summed E-state index contributed by atoms with van der Waals surface area (Å²) in [4.78, 5) is 15.3. The molecule has 5 nitrogen and oxygen atoms in total. The van der Waals surface area contributed by atoms with Crippen molar-refractivity contribution in [3.8, 4) is 0 Å². The number of hydrogen-bond acceptors (Lipinski definition) is 5. The Labute approximate surface area is 92.5 Å². The first-order chi connectivity index (χ1) is 6.87. The smallest absolute Gasteiger partial charge is 0.227 e. The molecule has 0 aliphatic heterocycles. The number of nitrogens with one attached hydrogen (secondary N) is 1. The number of aromatic nitrogens is 1. The number of anilines is 1. The van der Waals surface area contributed by atoms with E-state index >= 15 is 0 Å². The lowest BCUT2D eigenvalue weighted by atomic mass is 10.4. The summed E-state index contributed by atoms with van der Waals surface area (Å²) in [5.41, 5.74) is 0.832. The molecule has 0 saturated carbocycles. The molecule has 1 rings (SSSR count). The number of sulfone groups is 1. The molecular formula is C8H12N2O3S2. The van der Waals surface area contributed by atoms with Crippen LogP contribution >= 0.6 is 11.3 Å². The highest BCUT2D eigenvalue weighted by molar-refractivity contribution is 7.90. The Morgan fingerprint density at radius 3 is 2.73 bits per heavy atom. The zero-order chi connectivity index (χ0) is 11.5. The van der Waals surface area contributed by atoms with Gasteiger partial charge in [-0.2, -0.15) is 0 Å². The molecule has 15 heavy (non-hydrogen) atoms. The molecule has 84 valence electrons. The summed E-state index contributed by atoms with van der Waals surface area (Å²) in [5.74, 6) is -0.460. The predicted molar refractivity (Wildman–Crippen MR) is 59.8 cm³/mol. The summed E-state index contributed by atoms with van der Waals surface area (Å²) in [7, 11) is -3.08. The highest BCUT2D eigenvalue weighted by atomic mass is 32.2. The molecule has 0 radical (unpaired) electrons. The molecule has 1 N–H and O–H groups in total. The molecule has 0 bridgehead atoms. The molecule has 0 fully saturated rings. The lowest BCUT2D eigenvalue weighted by Gasteiger charge is -1.99. The summed E-state index contributed by atoms with van der Waals surface area (Å²) in [6, 6.07) is 0. The number of thiazole rings is 1. The Bertz CT molecular complexity index is 450. The molecule has 0 spiro atoms. The van der Waals surface area contributed by atoms with Crippen molar-refractivity contribution in [2.45, 2.75) is 13.3 Å². The molecule has 0 aliphatic carbocycles. The van der Waals surface area contributed by atoms with Gasteiger partial charge >= 0.3 is 0 Å². The van der Waals surface area contributed by atoms with Gasteiger partial charge in [-0.25, -0.2) is 13.4 Å². The van der Waals surface area contributed by atoms with Crippen molar-refractivity contribution in [3.63, 3.8) is 0 Å². The molecule has 0 aliphatic rings. The van der Waals surface area contributed by atoms with Crippen LogP contribution in [0.15, 0.2) is 5.38 Å². The maximum absolute atomic E-state index is 11.3. The Morgan fingerprint density at radius 2 is 2.27 bits per heavy atom. The monoisotopic (exact) mass is 248 g/mol. The van der Waals surface area contributed by atoms with Crippen LogP contribution in [0.5, 0.6) is 0 Å². The number of hydrogen-bond donors (Lipinski definition) is 1. The summed E-state index contributed by atoms with van der Waals surface area (Å²) in [6.07, 6.45) is 1.07. The van der Waals surface area contributed by atoms with Crippen LogP contribution in [0.25, 0.3) is 0 Å². The van der Waals surface area contributed by atoms with Crippen molar-refractivity contribution in [2.75, 3.05) is 17.3 Å². The van der Waals surface area contributed by atoms with E-state index in [1.807, 2.05) is 12.3 Å². The van der Waals surface area contributed by atoms with Gasteiger partial charge in [0.2, 0.25) is 5.91 Å². The van der Waals surface area contributed by atoms with E-state index < -0.39 is 9.84 Å². The van der Waals surface area contributed by atoms with Crippen molar-refractivity contribution in [1.82, 2.24) is 4.98 Å². The van der Waals surface area contributed by atoms with Gasteiger partial charge in [0, 0.05) is 18.1 Å². The second-order valence-corrected chi connectivity index (χ2v) is 6.34. The van der Waals surface area contributed by atoms with Gasteiger partial charge in [0.15, 0.2) is 5.13 Å². The van der Waals surface area contributed by atoms with Gasteiger partial charge in [-0.15, -0.1) is 11.3 Å². The van der Waals surface area contributed by atoms with Crippen LogP contribution in [0.4, 0.5) is 5.13 Å². The van der Waals surface area contributed by atoms with E-state index in [0.29, 0.717) is 5.13 Å². The van der Waals surface area contributed by atoms with Gasteiger partial charge in [-0.1, -0.05) is 0 Å². The zero-order valence-electron chi connectivity index (χ0n) is 8.48. The molecule has 0 unspecified atom stereocenters. The lowest BCUT2D eigenvalue weighted by Crippen LogP contribution is -2.16. The quantitative estimate of drug-likeness (QED) is 0.856. The van der Waals surface area contributed by atoms with Crippen LogP contribution in [0, 0.1) is 6.92 Å². The van der Waals surface area contributed by atoms with E-state index in [-0.39, 0.29) is 18.1 Å². The van der Waals surface area contributed by atoms with E-state index in [1.54, 1.807) is 0 Å². The van der Waals surface area contributed by atoms with Crippen molar-refractivity contribution in [2.24, 2.45) is 0 Å². The second kappa shape index (κ2) is 4.71. The highest BCUT2D eigenvalue weighted by Gasteiger charge is 2.09. The third-order valence-corrected chi connectivity index (χ3v) is 3.39. The highest BCUT2D eigenvalue weighted by Crippen LogP contribution is 2.14. The lowest BCUT2D eigenvalue weighted by molar-refractivity contribution is -0.115. The maximum atomic E-state index is 11.3. The maximum Gasteiger partial charge on any atom is 0.227 e. The minimum atomic E-state index is -3.08. The normalized spacial score (nSPS) is 11.3. The first kappa shape index (κ1) is 12.1. The zero-order valence-corrected chi connectivity index (χ0v) is 10.1. The van der Waals surface area contributed by atoms with Crippen LogP contribution in [0.1, 0.15) is 12.1 Å². The van der Waals surface area contributed by atoms with Gasteiger partial charge in [-0.3, -0.25) is 4.79 Å². The number of aryl methyl sites for hydroxylation is 1. The van der Waals surface area contributed by atoms with Gasteiger partial charge in [0.25, 0.3) is 0 Å². The third kappa shape index (κ3) is 4.89. The number of rotatable bonds is 4. The molecule has 1 aromatic heterocycles. The van der Waals surface area contributed by atoms with Crippen LogP contribution in [-0.4, -0.2) is 31.3 Å². The van der Waals surface area contributed by atoms with Crippen LogP contribution in [0.3, 0.4) is 0 Å². The fourth-order valence-corrected chi connectivity index (χ4v) is 2.13. The number of nitrogens with zero attached hydrogens (tertiary/aromatic N) is 1. The van der Waals surface area contributed by atoms with Crippen LogP contribution in [-0.2, 0) is 14.6 Å². The molecule has 0 atom stereocenters. The molecule has 0 aromatic carbocycles. The molecule has 1 aromatic rings. The number of carbonyl (C=O) groups is 1. The topological polar surface area (TPSA) is 76.1 Å². The Hall–Kier alpha value is -0.950. The summed E-state index contributed by atoms with van der Waals surface area (Å²) < 4.78 is 21.6. The van der Waals surface area contributed by atoms with Gasteiger partial charge < -0.3 is 5.32 Å². The molecule has 0 saturated heterocycles. The van der Waals surface area contributed by atoms with Crippen LogP contribution in [0.2, 0.25) is 0 Å². The van der Waals surface area contributed by atoms with Crippen molar-refractivity contribution in [1.29, 1.82) is 0 Å². The first-order valence-electron chi connectivity index (χ1n) is 4.26. The largest absolute Gasteiger partial charge is 0.302 e. The molecule has 7 heteroatoms. The molecule has 1 heterocycles. The third-order valence-electron chi connectivity index (χ3n) is 1.57. The fraction of sp³-hybridized carbons (Fsp3) is 0.500. The fourth-order valence-electron chi connectivity index (χ4n) is 0.871. The SMILES string of the molecule is Cc1csc(NC(=O)CCS(C)(=O)=O)n1. The van der Waals surface area contributed by atoms with E-state index in [2.05, 4.69) is 10.3 Å². The van der Waals surface area contributed by atoms with Crippen molar-refractivity contribution >= 4 is 32.2 Å². The van der Waals surface area contributed by atoms with E-state index in [9.17, 15) is 13.2 Å². The van der Waals surface area contributed by atoms with E-state index in [4.69, 9.17) is 0 Å². The Morgan fingerprint density at radius 1 is 1.60 bits per heavy atom. The van der Waals surface area contributed by atoms with Crippen molar-refractivity contribution < 1.29 is 13.2 Å². The Balaban J connectivity index is 2.44. The minimum Gasteiger partial charge on any atom is -0.302 e. The summed E-state index contributed by atoms with van der Waals surface area (Å²) >= 11 is 1.32. The number of amides is 1. The standard InChI is InChI=1S/C8H12N2O3S2/c1-6-5-14-8(9-6)10-7(11)3-4-15(2,12)13/h5H,3-4H2,1-2H3,(H,9,10,11). The first-order valence-corrected chi connectivity index (χ1v) is 7.20. The minimum absolute atomic E-state index is 0.0303. The van der Waals surface area contributed by atoms with Gasteiger partial charge in [-0.05, 0) is 6.92 Å². The summed E-state index contributed by atoms with van der Waals surface area (Å²) in [6.45, 7) is 1.82. The van der Waals surface area contributed by atoms with Crippen LogP contribution < -0.4 is 5.32 Å². The summed E-state index contributed by atoms with van der Waals surface area (Å²) in [5, 5.41) is 4.86. The average Bonchev–Trinajstić information content (AvgIpc) is 2.47. The number of carbonyl (C=O) groups excluding carboxylic acids is 1. The van der Waals surface area contributed by atoms with Crippen molar-refractivity contribution in [3.05, 3.63) is 11.1 Å². The van der Waals surface area contributed by atoms with E-state index in [0.717, 1.165) is 11.9 Å². The predicted octanol–water partition coefficient (Wildman–Crippen LogP) is 0.825. The van der Waals surface area contributed by atoms with Gasteiger partial charge in [0.1, 0.15) is 9.84 Å². The average molecular weight is 248 g/mol.